The summed E-state index contributed by atoms with van der Waals surface area (Å²) in [5.74, 6) is -7.12. The number of nitrogens with zero attached hydrogens (tertiary/aromatic N) is 1. The molecule has 0 aliphatic carbocycles. The smallest absolute Gasteiger partial charge is 0.277 e. The van der Waals surface area contributed by atoms with Crippen LogP contribution in [0.15, 0.2) is 36.4 Å². The Labute approximate surface area is 152 Å². The summed E-state index contributed by atoms with van der Waals surface area (Å²) in [5, 5.41) is 0. The second-order valence-corrected chi connectivity index (χ2v) is 5.50. The molecule has 11 heteroatoms. The monoisotopic (exact) mass is 411 g/mol. The van der Waals surface area contributed by atoms with E-state index in [2.05, 4.69) is 0 Å². The van der Waals surface area contributed by atoms with Gasteiger partial charge in [0.1, 0.15) is 11.6 Å². The topological polar surface area (TPSA) is 37.4 Å². The average Bonchev–Trinajstić information content (AvgIpc) is 2.58. The molecule has 0 fully saturated rings. The summed E-state index contributed by atoms with van der Waals surface area (Å²) in [4.78, 5) is 24.4. The molecule has 2 amide bonds. The maximum Gasteiger partial charge on any atom is 0.419 e. The van der Waals surface area contributed by atoms with Crippen LogP contribution < -0.4 is 0 Å². The van der Waals surface area contributed by atoms with Crippen molar-refractivity contribution in [1.82, 2.24) is 4.90 Å². The first kappa shape index (κ1) is 21.3. The van der Waals surface area contributed by atoms with Crippen molar-refractivity contribution in [1.29, 1.82) is 0 Å². The van der Waals surface area contributed by atoms with E-state index in [9.17, 15) is 44.7 Å². The van der Waals surface area contributed by atoms with Gasteiger partial charge in [-0.2, -0.15) is 26.3 Å². The molecule has 0 N–H and O–H groups in total. The molecule has 0 unspecified atom stereocenters. The average molecular weight is 411 g/mol. The Morgan fingerprint density at radius 2 is 1.04 bits per heavy atom. The van der Waals surface area contributed by atoms with Crippen molar-refractivity contribution in [3.05, 3.63) is 70.3 Å². The third kappa shape index (κ3) is 3.97. The lowest BCUT2D eigenvalue weighted by Crippen LogP contribution is -2.35. The highest BCUT2D eigenvalue weighted by Crippen LogP contribution is 2.34. The minimum absolute atomic E-state index is 0.0249. The van der Waals surface area contributed by atoms with Crippen molar-refractivity contribution in [2.75, 3.05) is 7.05 Å². The number of carbonyl (C=O) groups is 2. The highest BCUT2D eigenvalue weighted by Gasteiger charge is 2.38. The zero-order chi connectivity index (χ0) is 21.4. The molecule has 0 spiro atoms. The number of carbonyl (C=O) groups excluding carboxylic acids is 2. The van der Waals surface area contributed by atoms with Gasteiger partial charge in [0.05, 0.1) is 22.3 Å². The minimum Gasteiger partial charge on any atom is -0.277 e. The number of halogens is 8. The van der Waals surface area contributed by atoms with Gasteiger partial charge in [-0.15, -0.1) is 0 Å². The van der Waals surface area contributed by atoms with Crippen LogP contribution in [0, 0.1) is 11.6 Å². The van der Waals surface area contributed by atoms with E-state index in [0.29, 0.717) is 43.4 Å². The van der Waals surface area contributed by atoms with Crippen LogP contribution in [0.1, 0.15) is 31.8 Å². The normalized spacial score (nSPS) is 12.0. The second kappa shape index (κ2) is 7.21. The Balaban J connectivity index is 2.44. The minimum atomic E-state index is -5.13. The maximum absolute atomic E-state index is 14.0. The summed E-state index contributed by atoms with van der Waals surface area (Å²) in [6.45, 7) is 0. The fourth-order valence-electron chi connectivity index (χ4n) is 2.29. The van der Waals surface area contributed by atoms with E-state index in [1.807, 2.05) is 0 Å². The van der Waals surface area contributed by atoms with Gasteiger partial charge in [0, 0.05) is 7.05 Å². The van der Waals surface area contributed by atoms with Gasteiger partial charge in [-0.1, -0.05) is 12.1 Å². The molecule has 0 aromatic heterocycles. The first-order chi connectivity index (χ1) is 12.8. The van der Waals surface area contributed by atoms with Crippen molar-refractivity contribution < 1.29 is 44.7 Å². The number of imide groups is 1. The number of hydrogen-bond acceptors (Lipinski definition) is 2. The second-order valence-electron chi connectivity index (χ2n) is 5.50. The fourth-order valence-corrected chi connectivity index (χ4v) is 2.29. The largest absolute Gasteiger partial charge is 0.419 e. The molecular formula is C17H9F8NO2. The van der Waals surface area contributed by atoms with Crippen LogP contribution in [-0.2, 0) is 12.4 Å². The van der Waals surface area contributed by atoms with Gasteiger partial charge < -0.3 is 0 Å². The molecule has 2 rings (SSSR count). The molecule has 3 nitrogen and oxygen atoms in total. The van der Waals surface area contributed by atoms with Gasteiger partial charge >= 0.3 is 12.4 Å². The standard InChI is InChI=1S/C17H9F8NO2/c1-26(14(27)8-4-2-6-10(12(8)18)16(20,21)22)15(28)9-5-3-7-11(13(9)19)17(23,24)25/h2-7H,1H3. The lowest BCUT2D eigenvalue weighted by atomic mass is 10.1. The van der Waals surface area contributed by atoms with Crippen LogP contribution in [0.2, 0.25) is 0 Å². The van der Waals surface area contributed by atoms with Gasteiger partial charge in [0.15, 0.2) is 0 Å². The number of rotatable bonds is 2. The zero-order valence-electron chi connectivity index (χ0n) is 13.8. The Bertz CT molecular complexity index is 858. The molecule has 0 saturated heterocycles. The molecule has 28 heavy (non-hydrogen) atoms. The highest BCUT2D eigenvalue weighted by molar-refractivity contribution is 6.10. The van der Waals surface area contributed by atoms with Gasteiger partial charge in [-0.25, -0.2) is 8.78 Å². The van der Waals surface area contributed by atoms with E-state index in [1.54, 1.807) is 0 Å². The Morgan fingerprint density at radius 1 is 0.714 bits per heavy atom. The SMILES string of the molecule is CN(C(=O)c1cccc(C(F)(F)F)c1F)C(=O)c1cccc(C(F)(F)F)c1F. The highest BCUT2D eigenvalue weighted by atomic mass is 19.4. The summed E-state index contributed by atoms with van der Waals surface area (Å²) < 4.78 is 105. The van der Waals surface area contributed by atoms with E-state index in [0.717, 1.165) is 0 Å². The van der Waals surface area contributed by atoms with Crippen LogP contribution in [0.4, 0.5) is 35.1 Å². The van der Waals surface area contributed by atoms with E-state index in [-0.39, 0.29) is 4.90 Å². The van der Waals surface area contributed by atoms with Gasteiger partial charge in [-0.3, -0.25) is 14.5 Å². The summed E-state index contributed by atoms with van der Waals surface area (Å²) in [5.41, 5.74) is -5.86. The molecule has 2 aromatic rings. The quantitative estimate of drug-likeness (QED) is 0.520. The van der Waals surface area contributed by atoms with E-state index >= 15 is 0 Å². The van der Waals surface area contributed by atoms with Crippen molar-refractivity contribution in [3.8, 4) is 0 Å². The zero-order valence-corrected chi connectivity index (χ0v) is 13.8. The van der Waals surface area contributed by atoms with Crippen LogP contribution in [0.3, 0.4) is 0 Å². The van der Waals surface area contributed by atoms with Gasteiger partial charge in [0.25, 0.3) is 11.8 Å². The predicted molar refractivity (Wildman–Crippen MR) is 79.2 cm³/mol. The van der Waals surface area contributed by atoms with Crippen LogP contribution in [0.25, 0.3) is 0 Å². The molecule has 150 valence electrons. The summed E-state index contributed by atoms with van der Waals surface area (Å²) in [6.07, 6.45) is -10.3. The van der Waals surface area contributed by atoms with E-state index in [4.69, 9.17) is 0 Å². The first-order valence-electron chi connectivity index (χ1n) is 7.30. The molecule has 0 saturated carbocycles. The van der Waals surface area contributed by atoms with E-state index < -0.39 is 58.1 Å². The number of hydrogen-bond donors (Lipinski definition) is 0. The number of alkyl halides is 6. The molecule has 0 aliphatic rings. The van der Waals surface area contributed by atoms with Gasteiger partial charge in [-0.05, 0) is 24.3 Å². The Hall–Kier alpha value is -2.98. The lowest BCUT2D eigenvalue weighted by Gasteiger charge is -2.18. The summed E-state index contributed by atoms with van der Waals surface area (Å²) >= 11 is 0. The van der Waals surface area contributed by atoms with Crippen molar-refractivity contribution in [3.63, 3.8) is 0 Å². The maximum atomic E-state index is 14.0. The number of amides is 2. The van der Waals surface area contributed by atoms with Gasteiger partial charge in [0.2, 0.25) is 0 Å². The van der Waals surface area contributed by atoms with Crippen molar-refractivity contribution >= 4 is 11.8 Å². The first-order valence-corrected chi connectivity index (χ1v) is 7.30. The van der Waals surface area contributed by atoms with Crippen LogP contribution in [0.5, 0.6) is 0 Å². The molecule has 0 heterocycles. The predicted octanol–water partition coefficient (Wildman–Crippen LogP) is 4.91. The molecule has 0 aliphatic heterocycles. The van der Waals surface area contributed by atoms with E-state index in [1.165, 1.54) is 0 Å². The van der Waals surface area contributed by atoms with Crippen molar-refractivity contribution in [2.45, 2.75) is 12.4 Å². The third-order valence-electron chi connectivity index (χ3n) is 3.68. The Kier molecular flexibility index (Phi) is 5.49. The summed E-state index contributed by atoms with van der Waals surface area (Å²) in [7, 11) is 0.671. The molecular weight excluding hydrogens is 402 g/mol. The number of benzene rings is 2. The molecule has 2 aromatic carbocycles. The third-order valence-corrected chi connectivity index (χ3v) is 3.68. The van der Waals surface area contributed by atoms with Crippen LogP contribution in [-0.4, -0.2) is 23.8 Å². The molecule has 0 radical (unpaired) electrons. The lowest BCUT2D eigenvalue weighted by molar-refractivity contribution is -0.140. The fraction of sp³-hybridized carbons (Fsp3) is 0.176. The molecule has 0 bridgehead atoms. The Morgan fingerprint density at radius 3 is 1.32 bits per heavy atom. The molecule has 0 atom stereocenters. The summed E-state index contributed by atoms with van der Waals surface area (Å²) in [6, 6.07) is 3.45. The van der Waals surface area contributed by atoms with Crippen molar-refractivity contribution in [2.24, 2.45) is 0 Å². The van der Waals surface area contributed by atoms with Crippen LogP contribution >= 0.6 is 0 Å².